The number of amides is 2. The Labute approximate surface area is 119 Å². The molecule has 4 nitrogen and oxygen atoms in total. The first-order chi connectivity index (χ1) is 9.70. The lowest BCUT2D eigenvalue weighted by atomic mass is 10.2. The van der Waals surface area contributed by atoms with E-state index in [2.05, 4.69) is 5.32 Å². The van der Waals surface area contributed by atoms with Gasteiger partial charge in [-0.3, -0.25) is 4.90 Å². The van der Waals surface area contributed by atoms with Crippen LogP contribution < -0.4 is 16.0 Å². The highest BCUT2D eigenvalue weighted by Crippen LogP contribution is 2.16. The Morgan fingerprint density at radius 2 is 1.75 bits per heavy atom. The number of nitrogens with zero attached hydrogens (tertiary/aromatic N) is 1. The van der Waals surface area contributed by atoms with Crippen molar-refractivity contribution in [2.45, 2.75) is 13.5 Å². The molecule has 0 atom stereocenters. The smallest absolute Gasteiger partial charge is 0.322 e. The normalized spacial score (nSPS) is 10.1. The molecular weight excluding hydrogens is 250 g/mol. The molecule has 0 heterocycles. The predicted octanol–water partition coefficient (Wildman–Crippen LogP) is 3.00. The van der Waals surface area contributed by atoms with Crippen LogP contribution in [0.15, 0.2) is 54.6 Å². The summed E-state index contributed by atoms with van der Waals surface area (Å²) in [6.45, 7) is 3.06. The number of anilines is 2. The Kier molecular flexibility index (Phi) is 4.60. The molecule has 0 radical (unpaired) electrons. The van der Waals surface area contributed by atoms with Gasteiger partial charge in [0.05, 0.1) is 0 Å². The fraction of sp³-hybridized carbons (Fsp3) is 0.188. The van der Waals surface area contributed by atoms with E-state index in [0.717, 1.165) is 11.3 Å². The van der Waals surface area contributed by atoms with Crippen molar-refractivity contribution in [2.75, 3.05) is 17.2 Å². The maximum absolute atomic E-state index is 12.2. The largest absolute Gasteiger partial charge is 0.399 e. The Morgan fingerprint density at radius 1 is 1.10 bits per heavy atom. The second kappa shape index (κ2) is 6.61. The van der Waals surface area contributed by atoms with E-state index in [0.29, 0.717) is 18.8 Å². The predicted molar refractivity (Wildman–Crippen MR) is 82.6 cm³/mol. The minimum absolute atomic E-state index is 0.110. The van der Waals surface area contributed by atoms with Gasteiger partial charge in [0.15, 0.2) is 0 Å². The summed E-state index contributed by atoms with van der Waals surface area (Å²) in [5, 5.41) is 2.92. The third-order valence-corrected chi connectivity index (χ3v) is 3.05. The van der Waals surface area contributed by atoms with Gasteiger partial charge >= 0.3 is 6.03 Å². The SMILES string of the molecule is CCN(C(=O)NCc1ccccc1)c1ccc(N)cc1. The van der Waals surface area contributed by atoms with E-state index in [1.807, 2.05) is 49.4 Å². The molecule has 0 bridgehead atoms. The molecule has 0 aromatic heterocycles. The van der Waals surface area contributed by atoms with Gasteiger partial charge in [-0.05, 0) is 36.8 Å². The van der Waals surface area contributed by atoms with Crippen LogP contribution in [-0.2, 0) is 6.54 Å². The van der Waals surface area contributed by atoms with E-state index >= 15 is 0 Å². The zero-order valence-electron chi connectivity index (χ0n) is 11.5. The quantitative estimate of drug-likeness (QED) is 0.838. The highest BCUT2D eigenvalue weighted by atomic mass is 16.2. The molecule has 2 rings (SSSR count). The molecule has 2 aromatic carbocycles. The monoisotopic (exact) mass is 269 g/mol. The van der Waals surface area contributed by atoms with Crippen molar-refractivity contribution in [3.05, 3.63) is 60.2 Å². The number of benzene rings is 2. The van der Waals surface area contributed by atoms with Crippen molar-refractivity contribution in [3.8, 4) is 0 Å². The highest BCUT2D eigenvalue weighted by Gasteiger charge is 2.12. The number of hydrogen-bond donors (Lipinski definition) is 2. The molecule has 2 amide bonds. The van der Waals surface area contributed by atoms with Crippen molar-refractivity contribution in [3.63, 3.8) is 0 Å². The van der Waals surface area contributed by atoms with Crippen molar-refractivity contribution in [1.29, 1.82) is 0 Å². The average molecular weight is 269 g/mol. The fourth-order valence-electron chi connectivity index (χ4n) is 1.97. The molecule has 104 valence electrons. The lowest BCUT2D eigenvalue weighted by Gasteiger charge is -2.21. The Bertz CT molecular complexity index is 552. The van der Waals surface area contributed by atoms with E-state index in [-0.39, 0.29) is 6.03 Å². The maximum atomic E-state index is 12.2. The van der Waals surface area contributed by atoms with Gasteiger partial charge in [-0.15, -0.1) is 0 Å². The summed E-state index contributed by atoms with van der Waals surface area (Å²) in [6, 6.07) is 17.0. The molecule has 0 saturated carbocycles. The van der Waals surface area contributed by atoms with Gasteiger partial charge in [0.25, 0.3) is 0 Å². The first kappa shape index (κ1) is 13.9. The molecule has 2 aromatic rings. The Morgan fingerprint density at radius 3 is 2.35 bits per heavy atom. The van der Waals surface area contributed by atoms with E-state index < -0.39 is 0 Å². The zero-order chi connectivity index (χ0) is 14.4. The highest BCUT2D eigenvalue weighted by molar-refractivity contribution is 5.92. The van der Waals surface area contributed by atoms with Crippen LogP contribution in [0, 0.1) is 0 Å². The molecular formula is C16H19N3O. The number of rotatable bonds is 4. The Hall–Kier alpha value is -2.49. The fourth-order valence-corrected chi connectivity index (χ4v) is 1.97. The second-order valence-corrected chi connectivity index (χ2v) is 4.48. The van der Waals surface area contributed by atoms with Crippen molar-refractivity contribution in [2.24, 2.45) is 0 Å². The summed E-state index contributed by atoms with van der Waals surface area (Å²) in [4.78, 5) is 13.9. The van der Waals surface area contributed by atoms with E-state index in [9.17, 15) is 4.79 Å². The molecule has 3 N–H and O–H groups in total. The van der Waals surface area contributed by atoms with Gasteiger partial charge in [-0.1, -0.05) is 30.3 Å². The molecule has 0 aliphatic heterocycles. The van der Waals surface area contributed by atoms with Gasteiger partial charge in [0.2, 0.25) is 0 Å². The van der Waals surface area contributed by atoms with Crippen molar-refractivity contribution in [1.82, 2.24) is 5.32 Å². The number of nitrogen functional groups attached to an aromatic ring is 1. The molecule has 0 aliphatic carbocycles. The summed E-state index contributed by atoms with van der Waals surface area (Å²) in [7, 11) is 0. The van der Waals surface area contributed by atoms with Crippen molar-refractivity contribution < 1.29 is 4.79 Å². The van der Waals surface area contributed by atoms with Crippen LogP contribution in [0.4, 0.5) is 16.2 Å². The van der Waals surface area contributed by atoms with Crippen LogP contribution in [0.3, 0.4) is 0 Å². The van der Waals surface area contributed by atoms with E-state index in [1.165, 1.54) is 0 Å². The molecule has 0 spiro atoms. The van der Waals surface area contributed by atoms with Crippen LogP contribution in [-0.4, -0.2) is 12.6 Å². The third-order valence-electron chi connectivity index (χ3n) is 3.05. The number of urea groups is 1. The van der Waals surface area contributed by atoms with Gasteiger partial charge in [0.1, 0.15) is 0 Å². The summed E-state index contributed by atoms with van der Waals surface area (Å²) in [5.74, 6) is 0. The summed E-state index contributed by atoms with van der Waals surface area (Å²) in [5.41, 5.74) is 8.27. The molecule has 0 aliphatic rings. The van der Waals surface area contributed by atoms with Gasteiger partial charge in [-0.2, -0.15) is 0 Å². The maximum Gasteiger partial charge on any atom is 0.322 e. The first-order valence-electron chi connectivity index (χ1n) is 6.65. The average Bonchev–Trinajstić information content (AvgIpc) is 2.49. The number of nitrogens with one attached hydrogen (secondary N) is 1. The minimum Gasteiger partial charge on any atom is -0.399 e. The second-order valence-electron chi connectivity index (χ2n) is 4.48. The minimum atomic E-state index is -0.110. The number of carbonyl (C=O) groups is 1. The standard InChI is InChI=1S/C16H19N3O/c1-2-19(15-10-8-14(17)9-11-15)16(20)18-12-13-6-4-3-5-7-13/h3-11H,2,12,17H2,1H3,(H,18,20). The summed E-state index contributed by atoms with van der Waals surface area (Å²) < 4.78 is 0. The van der Waals surface area contributed by atoms with Crippen LogP contribution in [0.2, 0.25) is 0 Å². The molecule has 0 unspecified atom stereocenters. The van der Waals surface area contributed by atoms with Crippen LogP contribution in [0.25, 0.3) is 0 Å². The van der Waals surface area contributed by atoms with Gasteiger partial charge in [0, 0.05) is 24.5 Å². The van der Waals surface area contributed by atoms with Gasteiger partial charge in [-0.25, -0.2) is 4.79 Å². The van der Waals surface area contributed by atoms with E-state index in [4.69, 9.17) is 5.73 Å². The zero-order valence-corrected chi connectivity index (χ0v) is 11.5. The number of hydrogen-bond acceptors (Lipinski definition) is 2. The number of carbonyl (C=O) groups excluding carboxylic acids is 1. The Balaban J connectivity index is 2.00. The molecule has 4 heteroatoms. The van der Waals surface area contributed by atoms with Crippen LogP contribution in [0.5, 0.6) is 0 Å². The topological polar surface area (TPSA) is 58.4 Å². The van der Waals surface area contributed by atoms with Crippen LogP contribution in [0.1, 0.15) is 12.5 Å². The molecule has 0 fully saturated rings. The summed E-state index contributed by atoms with van der Waals surface area (Å²) in [6.07, 6.45) is 0. The first-order valence-corrected chi connectivity index (χ1v) is 6.65. The van der Waals surface area contributed by atoms with Crippen molar-refractivity contribution >= 4 is 17.4 Å². The third kappa shape index (κ3) is 3.51. The van der Waals surface area contributed by atoms with Gasteiger partial charge < -0.3 is 11.1 Å². The molecule has 20 heavy (non-hydrogen) atoms. The number of nitrogens with two attached hydrogens (primary N) is 1. The molecule has 0 saturated heterocycles. The van der Waals surface area contributed by atoms with E-state index in [1.54, 1.807) is 17.0 Å². The van der Waals surface area contributed by atoms with Crippen LogP contribution >= 0.6 is 0 Å². The lowest BCUT2D eigenvalue weighted by molar-refractivity contribution is 0.246. The summed E-state index contributed by atoms with van der Waals surface area (Å²) >= 11 is 0. The lowest BCUT2D eigenvalue weighted by Crippen LogP contribution is -2.39.